The number of hydrogen-bond donors (Lipinski definition) is 1. The standard InChI is InChI=1S/C13H17BrF3NO/c1-9(2)6-18-7-10-3-11(14)5-12(4-10)19-8-13(15,16)17/h3-5,9,18H,6-8H2,1-2H3. The van der Waals surface area contributed by atoms with Crippen molar-refractivity contribution >= 4 is 15.9 Å². The van der Waals surface area contributed by atoms with Crippen LogP contribution in [0.15, 0.2) is 22.7 Å². The van der Waals surface area contributed by atoms with Crippen molar-refractivity contribution in [2.45, 2.75) is 26.6 Å². The summed E-state index contributed by atoms with van der Waals surface area (Å²) in [5, 5.41) is 3.23. The molecule has 1 N–H and O–H groups in total. The van der Waals surface area contributed by atoms with Gasteiger partial charge in [-0.05, 0) is 36.2 Å². The first-order chi connectivity index (χ1) is 8.76. The minimum absolute atomic E-state index is 0.216. The predicted molar refractivity (Wildman–Crippen MR) is 72.2 cm³/mol. The van der Waals surface area contributed by atoms with E-state index in [0.29, 0.717) is 16.9 Å². The normalized spacial score (nSPS) is 11.9. The Kier molecular flexibility index (Phi) is 6.13. The predicted octanol–water partition coefficient (Wildman–Crippen LogP) is 4.14. The second-order valence-corrected chi connectivity index (χ2v) is 5.64. The molecule has 0 saturated carbocycles. The van der Waals surface area contributed by atoms with Gasteiger partial charge in [0.2, 0.25) is 0 Å². The molecule has 108 valence electrons. The Bertz CT molecular complexity index is 407. The lowest BCUT2D eigenvalue weighted by molar-refractivity contribution is -0.153. The summed E-state index contributed by atoms with van der Waals surface area (Å²) in [6, 6.07) is 5.00. The van der Waals surface area contributed by atoms with Crippen LogP contribution in [0, 0.1) is 5.92 Å². The lowest BCUT2D eigenvalue weighted by Crippen LogP contribution is -2.20. The molecular weight excluding hydrogens is 323 g/mol. The molecule has 0 aliphatic rings. The number of ether oxygens (including phenoxy) is 1. The van der Waals surface area contributed by atoms with Crippen LogP contribution in [0.5, 0.6) is 5.75 Å². The zero-order chi connectivity index (χ0) is 14.5. The lowest BCUT2D eigenvalue weighted by Gasteiger charge is -2.12. The third kappa shape index (κ3) is 7.42. The summed E-state index contributed by atoms with van der Waals surface area (Å²) in [5.74, 6) is 0.737. The highest BCUT2D eigenvalue weighted by Gasteiger charge is 2.28. The van der Waals surface area contributed by atoms with Gasteiger partial charge in [0, 0.05) is 11.0 Å². The van der Waals surface area contributed by atoms with Crippen LogP contribution < -0.4 is 10.1 Å². The van der Waals surface area contributed by atoms with Crippen molar-refractivity contribution in [3.63, 3.8) is 0 Å². The first kappa shape index (κ1) is 16.3. The Hall–Kier alpha value is -0.750. The van der Waals surface area contributed by atoms with Crippen LogP contribution in [0.4, 0.5) is 13.2 Å². The van der Waals surface area contributed by atoms with E-state index in [2.05, 4.69) is 35.1 Å². The van der Waals surface area contributed by atoms with Gasteiger partial charge in [0.05, 0.1) is 0 Å². The molecule has 0 radical (unpaired) electrons. The molecule has 1 aromatic rings. The zero-order valence-electron chi connectivity index (χ0n) is 10.9. The van der Waals surface area contributed by atoms with Crippen molar-refractivity contribution in [1.29, 1.82) is 0 Å². The quantitative estimate of drug-likeness (QED) is 0.841. The number of halogens is 4. The van der Waals surface area contributed by atoms with Crippen LogP contribution in [0.3, 0.4) is 0 Å². The fourth-order valence-corrected chi connectivity index (χ4v) is 2.00. The Morgan fingerprint density at radius 3 is 2.53 bits per heavy atom. The zero-order valence-corrected chi connectivity index (χ0v) is 12.4. The van der Waals surface area contributed by atoms with Crippen LogP contribution in [0.2, 0.25) is 0 Å². The topological polar surface area (TPSA) is 21.3 Å². The molecule has 1 aromatic carbocycles. The van der Waals surface area contributed by atoms with Gasteiger partial charge in [-0.25, -0.2) is 0 Å². The van der Waals surface area contributed by atoms with Crippen molar-refractivity contribution in [3.05, 3.63) is 28.2 Å². The van der Waals surface area contributed by atoms with E-state index in [1.807, 2.05) is 6.07 Å². The molecule has 0 bridgehead atoms. The second kappa shape index (κ2) is 7.14. The van der Waals surface area contributed by atoms with E-state index in [9.17, 15) is 13.2 Å². The molecule has 0 aromatic heterocycles. The van der Waals surface area contributed by atoms with Crippen molar-refractivity contribution in [2.24, 2.45) is 5.92 Å². The largest absolute Gasteiger partial charge is 0.484 e. The Morgan fingerprint density at radius 1 is 1.26 bits per heavy atom. The highest BCUT2D eigenvalue weighted by atomic mass is 79.9. The summed E-state index contributed by atoms with van der Waals surface area (Å²) < 4.78 is 41.7. The van der Waals surface area contributed by atoms with Gasteiger partial charge in [0.15, 0.2) is 6.61 Å². The van der Waals surface area contributed by atoms with Gasteiger partial charge >= 0.3 is 6.18 Å². The number of hydrogen-bond acceptors (Lipinski definition) is 2. The fourth-order valence-electron chi connectivity index (χ4n) is 1.48. The van der Waals surface area contributed by atoms with Crippen molar-refractivity contribution < 1.29 is 17.9 Å². The minimum Gasteiger partial charge on any atom is -0.484 e. The molecule has 0 saturated heterocycles. The molecule has 0 aliphatic carbocycles. The van der Waals surface area contributed by atoms with Crippen LogP contribution in [-0.2, 0) is 6.54 Å². The van der Waals surface area contributed by atoms with E-state index in [4.69, 9.17) is 4.74 Å². The maximum absolute atomic E-state index is 12.1. The Balaban J connectivity index is 2.61. The van der Waals surface area contributed by atoms with E-state index >= 15 is 0 Å². The van der Waals surface area contributed by atoms with Crippen molar-refractivity contribution in [3.8, 4) is 5.75 Å². The van der Waals surface area contributed by atoms with E-state index in [0.717, 1.165) is 12.1 Å². The second-order valence-electron chi connectivity index (χ2n) is 4.72. The molecule has 0 heterocycles. The van der Waals surface area contributed by atoms with Crippen LogP contribution >= 0.6 is 15.9 Å². The van der Waals surface area contributed by atoms with Crippen LogP contribution in [0.25, 0.3) is 0 Å². The molecule has 0 atom stereocenters. The molecule has 2 nitrogen and oxygen atoms in total. The Morgan fingerprint density at radius 2 is 1.95 bits per heavy atom. The van der Waals surface area contributed by atoms with E-state index < -0.39 is 12.8 Å². The third-order valence-corrected chi connectivity index (χ3v) is 2.67. The van der Waals surface area contributed by atoms with Gasteiger partial charge in [-0.3, -0.25) is 0 Å². The summed E-state index contributed by atoms with van der Waals surface area (Å²) in [4.78, 5) is 0. The lowest BCUT2D eigenvalue weighted by atomic mass is 10.2. The molecule has 6 heteroatoms. The monoisotopic (exact) mass is 339 g/mol. The van der Waals surface area contributed by atoms with E-state index in [-0.39, 0.29) is 5.75 Å². The highest BCUT2D eigenvalue weighted by Crippen LogP contribution is 2.24. The first-order valence-corrected chi connectivity index (χ1v) is 6.75. The Labute approximate surface area is 119 Å². The van der Waals surface area contributed by atoms with Crippen LogP contribution in [-0.4, -0.2) is 19.3 Å². The molecule has 1 rings (SSSR count). The summed E-state index contributed by atoms with van der Waals surface area (Å²) in [6.07, 6.45) is -4.32. The molecule has 19 heavy (non-hydrogen) atoms. The van der Waals surface area contributed by atoms with E-state index in [1.165, 1.54) is 6.07 Å². The van der Waals surface area contributed by atoms with Gasteiger partial charge < -0.3 is 10.1 Å². The SMILES string of the molecule is CC(C)CNCc1cc(Br)cc(OCC(F)(F)F)c1. The summed E-state index contributed by atoms with van der Waals surface area (Å²) in [7, 11) is 0. The summed E-state index contributed by atoms with van der Waals surface area (Å²) in [5.41, 5.74) is 0.882. The van der Waals surface area contributed by atoms with E-state index in [1.54, 1.807) is 6.07 Å². The van der Waals surface area contributed by atoms with Crippen LogP contribution in [0.1, 0.15) is 19.4 Å². The average molecular weight is 340 g/mol. The van der Waals surface area contributed by atoms with Gasteiger partial charge in [0.1, 0.15) is 5.75 Å². The number of rotatable bonds is 6. The van der Waals surface area contributed by atoms with Crippen molar-refractivity contribution in [2.75, 3.05) is 13.2 Å². The third-order valence-electron chi connectivity index (χ3n) is 2.22. The molecule has 0 unspecified atom stereocenters. The number of nitrogens with one attached hydrogen (secondary N) is 1. The number of benzene rings is 1. The number of alkyl halides is 3. The van der Waals surface area contributed by atoms with Gasteiger partial charge in [-0.15, -0.1) is 0 Å². The van der Waals surface area contributed by atoms with Gasteiger partial charge in [0.25, 0.3) is 0 Å². The molecular formula is C13H17BrF3NO. The molecule has 0 amide bonds. The van der Waals surface area contributed by atoms with Gasteiger partial charge in [-0.1, -0.05) is 29.8 Å². The maximum Gasteiger partial charge on any atom is 0.422 e. The molecule has 0 spiro atoms. The minimum atomic E-state index is -4.32. The summed E-state index contributed by atoms with van der Waals surface area (Å²) >= 11 is 3.27. The first-order valence-electron chi connectivity index (χ1n) is 5.96. The average Bonchev–Trinajstić information content (AvgIpc) is 2.24. The summed E-state index contributed by atoms with van der Waals surface area (Å²) in [6.45, 7) is 4.35. The maximum atomic E-state index is 12.1. The smallest absolute Gasteiger partial charge is 0.422 e. The van der Waals surface area contributed by atoms with Gasteiger partial charge in [-0.2, -0.15) is 13.2 Å². The fraction of sp³-hybridized carbons (Fsp3) is 0.538. The molecule has 0 fully saturated rings. The highest BCUT2D eigenvalue weighted by molar-refractivity contribution is 9.10. The van der Waals surface area contributed by atoms with Crippen molar-refractivity contribution in [1.82, 2.24) is 5.32 Å². The molecule has 0 aliphatic heterocycles.